The van der Waals surface area contributed by atoms with E-state index in [1.165, 1.54) is 17.4 Å². The highest BCUT2D eigenvalue weighted by molar-refractivity contribution is 7.11. The second-order valence-corrected chi connectivity index (χ2v) is 8.64. The average molecular weight is 441 g/mol. The van der Waals surface area contributed by atoms with E-state index in [-0.39, 0.29) is 18.2 Å². The lowest BCUT2D eigenvalue weighted by Crippen LogP contribution is -2.13. The average Bonchev–Trinajstić information content (AvgIpc) is 3.42. The minimum atomic E-state index is -0.516. The van der Waals surface area contributed by atoms with Crippen LogP contribution in [0.15, 0.2) is 24.4 Å². The Kier molecular flexibility index (Phi) is 6.36. The minimum Gasteiger partial charge on any atom is -0.477 e. The van der Waals surface area contributed by atoms with Gasteiger partial charge in [0.05, 0.1) is 19.8 Å². The van der Waals surface area contributed by atoms with Gasteiger partial charge in [-0.2, -0.15) is 4.98 Å². The van der Waals surface area contributed by atoms with Crippen LogP contribution in [0, 0.1) is 19.8 Å². The van der Waals surface area contributed by atoms with Crippen LogP contribution < -0.4 is 10.1 Å². The zero-order valence-corrected chi connectivity index (χ0v) is 18.5. The van der Waals surface area contributed by atoms with Crippen LogP contribution in [0.1, 0.15) is 51.0 Å². The predicted octanol–water partition coefficient (Wildman–Crippen LogP) is 3.31. The number of hydrogen-bond acceptors (Lipinski definition) is 10. The summed E-state index contributed by atoms with van der Waals surface area (Å²) < 4.78 is 11.0. The number of esters is 1. The second kappa shape index (κ2) is 9.34. The van der Waals surface area contributed by atoms with Gasteiger partial charge < -0.3 is 14.8 Å². The summed E-state index contributed by atoms with van der Waals surface area (Å²) in [6.07, 6.45) is 2.91. The maximum absolute atomic E-state index is 12.2. The molecular weight excluding hydrogens is 416 g/mol. The van der Waals surface area contributed by atoms with Crippen LogP contribution in [0.25, 0.3) is 0 Å². The van der Waals surface area contributed by atoms with Gasteiger partial charge in [-0.3, -0.25) is 4.98 Å². The van der Waals surface area contributed by atoms with Crippen molar-refractivity contribution in [1.29, 1.82) is 0 Å². The zero-order valence-electron chi connectivity index (χ0n) is 17.7. The first-order chi connectivity index (χ1) is 15.0. The fraction of sp³-hybridized carbons (Fsp3) is 0.429. The monoisotopic (exact) mass is 440 g/mol. The SMILES string of the molecule is CCOC(=O)c1cc(OC[C@H]2C[C@@H]2c2ccc(C)cn2)nc(NCc2nnc(C)s2)n1. The summed E-state index contributed by atoms with van der Waals surface area (Å²) in [5.74, 6) is 0.859. The molecule has 3 aromatic heterocycles. The van der Waals surface area contributed by atoms with Crippen molar-refractivity contribution >= 4 is 23.3 Å². The number of rotatable bonds is 9. The maximum atomic E-state index is 12.2. The van der Waals surface area contributed by atoms with Crippen molar-refractivity contribution in [1.82, 2.24) is 25.1 Å². The molecule has 1 aliphatic carbocycles. The van der Waals surface area contributed by atoms with Gasteiger partial charge in [0.15, 0.2) is 5.69 Å². The number of nitrogens with one attached hydrogen (secondary N) is 1. The van der Waals surface area contributed by atoms with E-state index in [4.69, 9.17) is 9.47 Å². The van der Waals surface area contributed by atoms with Gasteiger partial charge in [0.2, 0.25) is 11.8 Å². The molecule has 4 rings (SSSR count). The highest BCUT2D eigenvalue weighted by Gasteiger charge is 2.40. The third kappa shape index (κ3) is 5.52. The number of ether oxygens (including phenoxy) is 2. The molecule has 1 saturated carbocycles. The topological polar surface area (TPSA) is 112 Å². The van der Waals surface area contributed by atoms with Crippen LogP contribution >= 0.6 is 11.3 Å². The number of aryl methyl sites for hydroxylation is 2. The summed E-state index contributed by atoms with van der Waals surface area (Å²) in [5, 5.41) is 12.8. The smallest absolute Gasteiger partial charge is 0.357 e. The molecule has 0 unspecified atom stereocenters. The number of anilines is 1. The summed E-state index contributed by atoms with van der Waals surface area (Å²) in [4.78, 5) is 25.4. The van der Waals surface area contributed by atoms with Gasteiger partial charge in [-0.1, -0.05) is 17.4 Å². The fourth-order valence-electron chi connectivity index (χ4n) is 3.14. The number of carbonyl (C=O) groups is 1. The Morgan fingerprint density at radius 2 is 2.13 bits per heavy atom. The van der Waals surface area contributed by atoms with E-state index in [0.29, 0.717) is 30.9 Å². The van der Waals surface area contributed by atoms with Crippen molar-refractivity contribution in [2.45, 2.75) is 39.7 Å². The maximum Gasteiger partial charge on any atom is 0.357 e. The van der Waals surface area contributed by atoms with E-state index in [9.17, 15) is 4.79 Å². The highest BCUT2D eigenvalue weighted by Crippen LogP contribution is 2.46. The van der Waals surface area contributed by atoms with Crippen molar-refractivity contribution < 1.29 is 14.3 Å². The molecule has 0 aliphatic heterocycles. The van der Waals surface area contributed by atoms with Crippen LogP contribution in [0.3, 0.4) is 0 Å². The molecule has 1 N–H and O–H groups in total. The lowest BCUT2D eigenvalue weighted by Gasteiger charge is -2.10. The number of carbonyl (C=O) groups excluding carboxylic acids is 1. The molecule has 31 heavy (non-hydrogen) atoms. The number of nitrogens with zero attached hydrogens (tertiary/aromatic N) is 5. The lowest BCUT2D eigenvalue weighted by atomic mass is 10.2. The summed E-state index contributed by atoms with van der Waals surface area (Å²) in [5.41, 5.74) is 2.38. The van der Waals surface area contributed by atoms with Gasteiger partial charge >= 0.3 is 5.97 Å². The molecule has 0 saturated heterocycles. The molecule has 3 heterocycles. The highest BCUT2D eigenvalue weighted by atomic mass is 32.1. The quantitative estimate of drug-likeness (QED) is 0.501. The Balaban J connectivity index is 1.42. The Hall–Kier alpha value is -3.14. The lowest BCUT2D eigenvalue weighted by molar-refractivity contribution is 0.0518. The van der Waals surface area contributed by atoms with Crippen LogP contribution in [0.4, 0.5) is 5.95 Å². The van der Waals surface area contributed by atoms with Gasteiger partial charge in [-0.05, 0) is 38.8 Å². The molecule has 1 aliphatic rings. The van der Waals surface area contributed by atoms with Gasteiger partial charge in [-0.25, -0.2) is 9.78 Å². The number of hydrogen-bond donors (Lipinski definition) is 1. The first kappa shape index (κ1) is 21.1. The fourth-order valence-corrected chi connectivity index (χ4v) is 3.78. The van der Waals surface area contributed by atoms with Gasteiger partial charge in [0.25, 0.3) is 0 Å². The molecule has 1 fully saturated rings. The van der Waals surface area contributed by atoms with E-state index in [0.717, 1.165) is 27.7 Å². The molecule has 162 valence electrons. The van der Waals surface area contributed by atoms with E-state index >= 15 is 0 Å². The van der Waals surface area contributed by atoms with Crippen LogP contribution in [-0.2, 0) is 11.3 Å². The molecule has 3 aromatic rings. The van der Waals surface area contributed by atoms with Crippen molar-refractivity contribution in [3.05, 3.63) is 51.4 Å². The summed E-state index contributed by atoms with van der Waals surface area (Å²) in [7, 11) is 0. The second-order valence-electron chi connectivity index (χ2n) is 7.38. The van der Waals surface area contributed by atoms with Crippen LogP contribution in [0.5, 0.6) is 5.88 Å². The van der Waals surface area contributed by atoms with Crippen molar-refractivity contribution in [3.8, 4) is 5.88 Å². The molecule has 0 amide bonds. The summed E-state index contributed by atoms with van der Waals surface area (Å²) in [6, 6.07) is 5.66. The molecule has 0 bridgehead atoms. The van der Waals surface area contributed by atoms with Crippen LogP contribution in [-0.4, -0.2) is 44.3 Å². The van der Waals surface area contributed by atoms with Gasteiger partial charge in [-0.15, -0.1) is 10.2 Å². The Morgan fingerprint density at radius 3 is 2.84 bits per heavy atom. The molecule has 0 radical (unpaired) electrons. The third-order valence-corrected chi connectivity index (χ3v) is 5.67. The largest absolute Gasteiger partial charge is 0.477 e. The standard InChI is InChI=1S/C21H24N6O3S/c1-4-29-20(28)17-8-18(25-21(24-17)23-10-19-27-26-13(3)31-19)30-11-14-7-15(14)16-6-5-12(2)9-22-16/h5-6,8-9,14-15H,4,7,10-11H2,1-3H3,(H,23,24,25)/t14-,15+/m1/s1. The van der Waals surface area contributed by atoms with Crippen molar-refractivity contribution in [2.24, 2.45) is 5.92 Å². The predicted molar refractivity (Wildman–Crippen MR) is 115 cm³/mol. The molecule has 9 nitrogen and oxygen atoms in total. The normalized spacial score (nSPS) is 17.3. The molecular formula is C21H24N6O3S. The molecule has 2 atom stereocenters. The Morgan fingerprint density at radius 1 is 1.26 bits per heavy atom. The number of aromatic nitrogens is 5. The Labute approximate surface area is 184 Å². The molecule has 0 spiro atoms. The Bertz CT molecular complexity index is 1060. The van der Waals surface area contributed by atoms with E-state index in [1.54, 1.807) is 6.92 Å². The first-order valence-electron chi connectivity index (χ1n) is 10.2. The third-order valence-electron chi connectivity index (χ3n) is 4.83. The van der Waals surface area contributed by atoms with E-state index < -0.39 is 5.97 Å². The van der Waals surface area contributed by atoms with Gasteiger partial charge in [0.1, 0.15) is 10.0 Å². The number of pyridine rings is 1. The zero-order chi connectivity index (χ0) is 21.8. The first-order valence-corrected chi connectivity index (χ1v) is 11.0. The van der Waals surface area contributed by atoms with Crippen molar-refractivity contribution in [2.75, 3.05) is 18.5 Å². The van der Waals surface area contributed by atoms with Crippen molar-refractivity contribution in [3.63, 3.8) is 0 Å². The summed E-state index contributed by atoms with van der Waals surface area (Å²) >= 11 is 1.48. The molecule has 10 heteroatoms. The van der Waals surface area contributed by atoms with Gasteiger partial charge in [0, 0.05) is 29.8 Å². The van der Waals surface area contributed by atoms with E-state index in [2.05, 4.69) is 42.6 Å². The van der Waals surface area contributed by atoms with Crippen LogP contribution in [0.2, 0.25) is 0 Å². The van der Waals surface area contributed by atoms with E-state index in [1.807, 2.05) is 20.0 Å². The molecule has 0 aromatic carbocycles. The minimum absolute atomic E-state index is 0.148. The summed E-state index contributed by atoms with van der Waals surface area (Å²) in [6.45, 7) is 6.83.